The van der Waals surface area contributed by atoms with E-state index in [1.807, 2.05) is 56.4 Å². The molecule has 112 valence electrons. The molecule has 0 aliphatic heterocycles. The van der Waals surface area contributed by atoms with Gasteiger partial charge in [-0.05, 0) is 24.6 Å². The van der Waals surface area contributed by atoms with E-state index in [-0.39, 0.29) is 0 Å². The third-order valence-electron chi connectivity index (χ3n) is 3.19. The zero-order chi connectivity index (χ0) is 15.7. The maximum absolute atomic E-state index is 5.97. The van der Waals surface area contributed by atoms with Crippen LogP contribution in [0.5, 0.6) is 0 Å². The summed E-state index contributed by atoms with van der Waals surface area (Å²) in [5.74, 6) is 1.34. The Morgan fingerprint density at radius 1 is 1.18 bits per heavy atom. The number of fused-ring (bicyclic) bond motifs is 1. The number of nitrogens with zero attached hydrogens (tertiary/aromatic N) is 4. The predicted octanol–water partition coefficient (Wildman–Crippen LogP) is 3.81. The number of aromatic amines is 1. The summed E-state index contributed by atoms with van der Waals surface area (Å²) in [6.07, 6.45) is 3.66. The molecule has 0 fully saturated rings. The Balaban J connectivity index is 2.22. The number of nitrogens with one attached hydrogen (secondary N) is 1. The van der Waals surface area contributed by atoms with Gasteiger partial charge in [0.1, 0.15) is 11.5 Å². The molecular formula is C16H16ClN5. The van der Waals surface area contributed by atoms with Crippen molar-refractivity contribution < 1.29 is 0 Å². The summed E-state index contributed by atoms with van der Waals surface area (Å²) in [6, 6.07) is 7.69. The van der Waals surface area contributed by atoms with Gasteiger partial charge in [-0.1, -0.05) is 23.7 Å². The zero-order valence-electron chi connectivity index (χ0n) is 12.6. The molecule has 6 heteroatoms. The fraction of sp³-hybridized carbons (Fsp3) is 0.188. The molecule has 0 aliphatic carbocycles. The molecule has 0 bridgehead atoms. The Kier molecular flexibility index (Phi) is 3.81. The van der Waals surface area contributed by atoms with Gasteiger partial charge < -0.3 is 9.88 Å². The molecule has 0 saturated heterocycles. The lowest BCUT2D eigenvalue weighted by Crippen LogP contribution is -2.07. The lowest BCUT2D eigenvalue weighted by atomic mass is 10.1. The van der Waals surface area contributed by atoms with Gasteiger partial charge in [-0.3, -0.25) is 0 Å². The van der Waals surface area contributed by atoms with E-state index in [0.29, 0.717) is 16.7 Å². The van der Waals surface area contributed by atoms with Crippen LogP contribution in [0.25, 0.3) is 22.2 Å². The molecule has 5 nitrogen and oxygen atoms in total. The topological polar surface area (TPSA) is 57.2 Å². The Bertz CT molecular complexity index is 834. The van der Waals surface area contributed by atoms with Crippen LogP contribution in [0.4, 0.5) is 5.82 Å². The summed E-state index contributed by atoms with van der Waals surface area (Å²) in [6.45, 7) is 1.86. The first kappa shape index (κ1) is 14.5. The molecule has 1 N–H and O–H groups in total. The van der Waals surface area contributed by atoms with Gasteiger partial charge in [0.05, 0.1) is 11.7 Å². The third kappa shape index (κ3) is 2.80. The molecule has 0 amide bonds. The molecule has 0 radical (unpaired) electrons. The highest BCUT2D eigenvalue weighted by Crippen LogP contribution is 2.34. The number of aryl methyl sites for hydroxylation is 1. The number of hydrogen-bond donors (Lipinski definition) is 1. The van der Waals surface area contributed by atoms with Crippen LogP contribution < -0.4 is 0 Å². The van der Waals surface area contributed by atoms with E-state index < -0.39 is 0 Å². The summed E-state index contributed by atoms with van der Waals surface area (Å²) in [5.41, 5.74) is 2.84. The Labute approximate surface area is 133 Å². The van der Waals surface area contributed by atoms with Crippen LogP contribution in [0.1, 0.15) is 5.82 Å². The fourth-order valence-electron chi connectivity index (χ4n) is 2.24. The predicted molar refractivity (Wildman–Crippen MR) is 90.9 cm³/mol. The van der Waals surface area contributed by atoms with Crippen LogP contribution >= 0.6 is 11.6 Å². The van der Waals surface area contributed by atoms with E-state index in [4.69, 9.17) is 11.6 Å². The highest BCUT2D eigenvalue weighted by atomic mass is 35.5. The second kappa shape index (κ2) is 5.77. The molecule has 1 aromatic carbocycles. The zero-order valence-corrected chi connectivity index (χ0v) is 13.4. The van der Waals surface area contributed by atoms with Gasteiger partial charge in [-0.15, -0.1) is 0 Å². The molecule has 0 spiro atoms. The maximum atomic E-state index is 5.97. The van der Waals surface area contributed by atoms with Crippen molar-refractivity contribution in [3.05, 3.63) is 41.3 Å². The minimum Gasteiger partial charge on any atom is -0.369 e. The lowest BCUT2D eigenvalue weighted by molar-refractivity contribution is 0.643. The molecule has 2 aromatic heterocycles. The van der Waals surface area contributed by atoms with E-state index in [0.717, 1.165) is 22.2 Å². The smallest absolute Gasteiger partial charge is 0.167 e. The summed E-state index contributed by atoms with van der Waals surface area (Å²) in [7, 11) is 3.85. The van der Waals surface area contributed by atoms with Gasteiger partial charge in [-0.25, -0.2) is 15.0 Å². The van der Waals surface area contributed by atoms with E-state index in [1.165, 1.54) is 0 Å². The van der Waals surface area contributed by atoms with Crippen molar-refractivity contribution in [1.82, 2.24) is 19.9 Å². The van der Waals surface area contributed by atoms with Crippen molar-refractivity contribution in [3.8, 4) is 11.1 Å². The SMILES string of the molecule is Cc1nc(/N=C\N(C)C)c2c(-c3ccc(Cl)cc3)c[nH]c2n1. The molecule has 3 aromatic rings. The summed E-state index contributed by atoms with van der Waals surface area (Å²) in [4.78, 5) is 18.5. The third-order valence-corrected chi connectivity index (χ3v) is 3.44. The maximum Gasteiger partial charge on any atom is 0.167 e. The van der Waals surface area contributed by atoms with E-state index in [9.17, 15) is 0 Å². The van der Waals surface area contributed by atoms with Crippen LogP contribution in [-0.4, -0.2) is 40.3 Å². The number of halogens is 1. The lowest BCUT2D eigenvalue weighted by Gasteiger charge is -2.05. The standard InChI is InChI=1S/C16H16ClN5/c1-10-20-15-14(16(21-10)19-9-22(2)3)13(8-18-15)11-4-6-12(17)7-5-11/h4-9H,1-3H3,(H,18,20,21)/b19-9-. The summed E-state index contributed by atoms with van der Waals surface area (Å²) in [5, 5.41) is 1.62. The second-order valence-electron chi connectivity index (χ2n) is 5.24. The molecule has 0 unspecified atom stereocenters. The summed E-state index contributed by atoms with van der Waals surface area (Å²) >= 11 is 5.97. The highest BCUT2D eigenvalue weighted by molar-refractivity contribution is 6.30. The van der Waals surface area contributed by atoms with Crippen LogP contribution in [0, 0.1) is 6.92 Å². The van der Waals surface area contributed by atoms with Crippen molar-refractivity contribution in [2.75, 3.05) is 14.1 Å². The Hall–Kier alpha value is -2.40. The van der Waals surface area contributed by atoms with Crippen LogP contribution in [0.15, 0.2) is 35.5 Å². The average molecular weight is 314 g/mol. The number of benzene rings is 1. The molecule has 0 saturated carbocycles. The van der Waals surface area contributed by atoms with Crippen molar-refractivity contribution >= 4 is 34.8 Å². The Morgan fingerprint density at radius 2 is 1.91 bits per heavy atom. The minimum atomic E-state index is 0.655. The van der Waals surface area contributed by atoms with Crippen molar-refractivity contribution in [2.45, 2.75) is 6.92 Å². The molecule has 0 aliphatic rings. The van der Waals surface area contributed by atoms with Gasteiger partial charge in [-0.2, -0.15) is 0 Å². The fourth-order valence-corrected chi connectivity index (χ4v) is 2.37. The largest absolute Gasteiger partial charge is 0.369 e. The monoisotopic (exact) mass is 313 g/mol. The number of aliphatic imine (C=N–C) groups is 1. The van der Waals surface area contributed by atoms with Gasteiger partial charge >= 0.3 is 0 Å². The normalized spacial score (nSPS) is 11.5. The van der Waals surface area contributed by atoms with E-state index >= 15 is 0 Å². The first-order valence-corrected chi connectivity index (χ1v) is 7.24. The van der Waals surface area contributed by atoms with E-state index in [2.05, 4.69) is 19.9 Å². The molecule has 22 heavy (non-hydrogen) atoms. The number of aromatic nitrogens is 3. The first-order valence-electron chi connectivity index (χ1n) is 6.87. The van der Waals surface area contributed by atoms with Gasteiger partial charge in [0, 0.05) is 30.9 Å². The molecular weight excluding hydrogens is 298 g/mol. The second-order valence-corrected chi connectivity index (χ2v) is 5.67. The number of hydrogen-bond acceptors (Lipinski definition) is 3. The molecule has 3 rings (SSSR count). The number of H-pyrrole nitrogens is 1. The van der Waals surface area contributed by atoms with Crippen molar-refractivity contribution in [2.24, 2.45) is 4.99 Å². The molecule has 0 atom stereocenters. The van der Waals surface area contributed by atoms with Crippen LogP contribution in [0.2, 0.25) is 5.02 Å². The summed E-state index contributed by atoms with van der Waals surface area (Å²) < 4.78 is 0. The van der Waals surface area contributed by atoms with E-state index in [1.54, 1.807) is 6.34 Å². The Morgan fingerprint density at radius 3 is 2.59 bits per heavy atom. The quantitative estimate of drug-likeness (QED) is 0.591. The van der Waals surface area contributed by atoms with Crippen LogP contribution in [-0.2, 0) is 0 Å². The van der Waals surface area contributed by atoms with Gasteiger partial charge in [0.25, 0.3) is 0 Å². The average Bonchev–Trinajstić information content (AvgIpc) is 2.89. The highest BCUT2D eigenvalue weighted by Gasteiger charge is 2.13. The van der Waals surface area contributed by atoms with Crippen molar-refractivity contribution in [1.29, 1.82) is 0 Å². The van der Waals surface area contributed by atoms with Gasteiger partial charge in [0.15, 0.2) is 5.82 Å². The van der Waals surface area contributed by atoms with Gasteiger partial charge in [0.2, 0.25) is 0 Å². The minimum absolute atomic E-state index is 0.655. The number of rotatable bonds is 3. The molecule has 2 heterocycles. The first-order chi connectivity index (χ1) is 10.5. The van der Waals surface area contributed by atoms with Crippen molar-refractivity contribution in [3.63, 3.8) is 0 Å². The van der Waals surface area contributed by atoms with Crippen LogP contribution in [0.3, 0.4) is 0 Å².